The molecule has 7 rings (SSSR count). The molecule has 280 valence electrons. The lowest BCUT2D eigenvalue weighted by Gasteiger charge is -2.18. The van der Waals surface area contributed by atoms with Crippen LogP contribution in [0, 0.1) is 4.91 Å². The van der Waals surface area contributed by atoms with Crippen molar-refractivity contribution in [3.63, 3.8) is 0 Å². The van der Waals surface area contributed by atoms with Crippen molar-refractivity contribution in [2.75, 3.05) is 19.8 Å². The quantitative estimate of drug-likeness (QED) is 0.0733. The van der Waals surface area contributed by atoms with Gasteiger partial charge in [-0.1, -0.05) is 113 Å². The number of hydrogen-bond acceptors (Lipinski definition) is 10. The summed E-state index contributed by atoms with van der Waals surface area (Å²) in [5.41, 5.74) is 1.13. The van der Waals surface area contributed by atoms with Gasteiger partial charge in [0.1, 0.15) is 34.4 Å². The topological polar surface area (TPSA) is 136 Å². The van der Waals surface area contributed by atoms with Crippen LogP contribution in [0.5, 0.6) is 28.7 Å². The molecule has 0 saturated heterocycles. The van der Waals surface area contributed by atoms with E-state index in [-0.39, 0.29) is 34.7 Å². The predicted molar refractivity (Wildman–Crippen MR) is 219 cm³/mol. The van der Waals surface area contributed by atoms with E-state index in [0.717, 1.165) is 54.7 Å². The minimum Gasteiger partial charge on any atom is -0.507 e. The highest BCUT2D eigenvalue weighted by Crippen LogP contribution is 2.46. The Bertz CT molecular complexity index is 2380. The molecule has 10 heteroatoms. The minimum atomic E-state index is -0.0969. The van der Waals surface area contributed by atoms with Gasteiger partial charge in [0.15, 0.2) is 17.5 Å². The van der Waals surface area contributed by atoms with Gasteiger partial charge >= 0.3 is 0 Å². The standard InChI is InChI=1S/C45H44N4O6/c1-4-7-22-53-37-25-34(49-52)40(31-19-13-10-16-28(31)37)43-46-44(41-32-20-14-11-17-29(32)38(26-35(41)50)54-23-8-5-2)48-45(47-43)42-33-21-15-12-18-30(33)39(27-36(42)51)55-24-9-6-3/h10-21,25-27,50-51H,4-9,22-24H2,1-3H3. The van der Waals surface area contributed by atoms with Crippen LogP contribution in [0.15, 0.2) is 96.2 Å². The van der Waals surface area contributed by atoms with Gasteiger partial charge in [-0.05, 0) is 29.8 Å². The maximum atomic E-state index is 12.7. The molecule has 0 saturated carbocycles. The maximum Gasteiger partial charge on any atom is 0.168 e. The molecule has 0 bridgehead atoms. The summed E-state index contributed by atoms with van der Waals surface area (Å²) in [7, 11) is 0. The predicted octanol–water partition coefficient (Wildman–Crippen LogP) is 11.7. The largest absolute Gasteiger partial charge is 0.507 e. The molecule has 1 aromatic heterocycles. The SMILES string of the molecule is CCCCOc1cc(O)c(-c2nc(-c3c(O)cc(OCCCC)c4ccccc34)nc(-c3c(N=O)cc(OCCCC)c4ccccc34)n2)c2ccccc12. The van der Waals surface area contributed by atoms with E-state index >= 15 is 0 Å². The zero-order valence-corrected chi connectivity index (χ0v) is 31.3. The van der Waals surface area contributed by atoms with E-state index in [0.29, 0.717) is 69.9 Å². The smallest absolute Gasteiger partial charge is 0.168 e. The minimum absolute atomic E-state index is 0.0794. The summed E-state index contributed by atoms with van der Waals surface area (Å²) in [4.78, 5) is 27.7. The van der Waals surface area contributed by atoms with Crippen LogP contribution in [-0.2, 0) is 0 Å². The van der Waals surface area contributed by atoms with E-state index in [9.17, 15) is 15.1 Å². The summed E-state index contributed by atoms with van der Waals surface area (Å²) in [6.45, 7) is 7.74. The van der Waals surface area contributed by atoms with Gasteiger partial charge in [-0.3, -0.25) is 0 Å². The fourth-order valence-corrected chi connectivity index (χ4v) is 6.81. The summed E-state index contributed by atoms with van der Waals surface area (Å²) >= 11 is 0. The Labute approximate surface area is 319 Å². The van der Waals surface area contributed by atoms with Crippen LogP contribution in [-0.4, -0.2) is 45.0 Å². The first-order chi connectivity index (χ1) is 27.0. The van der Waals surface area contributed by atoms with E-state index in [4.69, 9.17) is 29.2 Å². The number of aromatic nitrogens is 3. The van der Waals surface area contributed by atoms with E-state index < -0.39 is 0 Å². The van der Waals surface area contributed by atoms with Gasteiger partial charge in [0, 0.05) is 45.1 Å². The number of ether oxygens (including phenoxy) is 3. The normalized spacial score (nSPS) is 11.3. The number of nitroso groups, excluding NO2 is 1. The van der Waals surface area contributed by atoms with Gasteiger partial charge < -0.3 is 24.4 Å². The second-order valence-electron chi connectivity index (χ2n) is 13.4. The Balaban J connectivity index is 1.53. The molecule has 10 nitrogen and oxygen atoms in total. The lowest BCUT2D eigenvalue weighted by atomic mass is 9.99. The molecule has 0 aliphatic carbocycles. The highest BCUT2D eigenvalue weighted by atomic mass is 16.5. The number of benzene rings is 6. The van der Waals surface area contributed by atoms with Crippen LogP contribution in [0.2, 0.25) is 0 Å². The van der Waals surface area contributed by atoms with Crippen molar-refractivity contribution in [3.8, 4) is 62.9 Å². The molecule has 0 aliphatic rings. The Morgan fingerprint density at radius 1 is 0.491 bits per heavy atom. The van der Waals surface area contributed by atoms with Crippen molar-refractivity contribution in [2.45, 2.75) is 59.3 Å². The molecule has 2 N–H and O–H groups in total. The van der Waals surface area contributed by atoms with Crippen molar-refractivity contribution in [2.24, 2.45) is 5.18 Å². The summed E-state index contributed by atoms with van der Waals surface area (Å²) in [5, 5.41) is 31.3. The average molecular weight is 737 g/mol. The molecule has 0 atom stereocenters. The van der Waals surface area contributed by atoms with Gasteiger partial charge in [0.2, 0.25) is 0 Å². The first-order valence-corrected chi connectivity index (χ1v) is 19.0. The molecule has 0 aliphatic heterocycles. The summed E-state index contributed by atoms with van der Waals surface area (Å²) in [5.74, 6) is 1.81. The van der Waals surface area contributed by atoms with Crippen LogP contribution in [0.3, 0.4) is 0 Å². The van der Waals surface area contributed by atoms with Gasteiger partial charge in [-0.25, -0.2) is 15.0 Å². The van der Waals surface area contributed by atoms with Gasteiger partial charge in [0.25, 0.3) is 0 Å². The van der Waals surface area contributed by atoms with Crippen molar-refractivity contribution < 1.29 is 24.4 Å². The lowest BCUT2D eigenvalue weighted by Crippen LogP contribution is -2.04. The maximum absolute atomic E-state index is 12.7. The van der Waals surface area contributed by atoms with Crippen LogP contribution >= 0.6 is 0 Å². The van der Waals surface area contributed by atoms with E-state index in [1.165, 1.54) is 0 Å². The van der Waals surface area contributed by atoms with Gasteiger partial charge in [-0.2, -0.15) is 0 Å². The van der Waals surface area contributed by atoms with Crippen molar-refractivity contribution in [1.82, 2.24) is 15.0 Å². The first kappa shape index (κ1) is 37.0. The fraction of sp³-hybridized carbons (Fsp3) is 0.267. The molecular weight excluding hydrogens is 693 g/mol. The Morgan fingerprint density at radius 3 is 1.18 bits per heavy atom. The second-order valence-corrected chi connectivity index (χ2v) is 13.4. The molecule has 6 aromatic carbocycles. The molecular formula is C45H44N4O6. The average Bonchev–Trinajstić information content (AvgIpc) is 3.20. The number of aromatic hydroxyl groups is 2. The number of unbranched alkanes of at least 4 members (excludes halogenated alkanes) is 3. The molecule has 0 amide bonds. The molecule has 0 spiro atoms. The van der Waals surface area contributed by atoms with Crippen molar-refractivity contribution in [3.05, 3.63) is 95.9 Å². The Hall–Kier alpha value is -6.29. The lowest BCUT2D eigenvalue weighted by molar-refractivity contribution is 0.311. The zero-order chi connectivity index (χ0) is 38.3. The number of nitrogens with zero attached hydrogens (tertiary/aromatic N) is 4. The molecule has 0 radical (unpaired) electrons. The van der Waals surface area contributed by atoms with E-state index in [1.807, 2.05) is 72.8 Å². The zero-order valence-electron chi connectivity index (χ0n) is 31.3. The highest BCUT2D eigenvalue weighted by molar-refractivity contribution is 6.06. The number of phenols is 2. The molecule has 7 aromatic rings. The van der Waals surface area contributed by atoms with Crippen LogP contribution in [0.4, 0.5) is 5.69 Å². The van der Waals surface area contributed by atoms with Crippen LogP contribution < -0.4 is 14.2 Å². The Kier molecular flexibility index (Phi) is 11.3. The van der Waals surface area contributed by atoms with Crippen LogP contribution in [0.1, 0.15) is 59.3 Å². The molecule has 0 fully saturated rings. The second kappa shape index (κ2) is 16.8. The number of hydrogen-bond donors (Lipinski definition) is 2. The Morgan fingerprint density at radius 2 is 0.818 bits per heavy atom. The fourth-order valence-electron chi connectivity index (χ4n) is 6.81. The van der Waals surface area contributed by atoms with Gasteiger partial charge in [-0.15, -0.1) is 4.91 Å². The molecule has 0 unspecified atom stereocenters. The summed E-state index contributed by atoms with van der Waals surface area (Å²) in [6.07, 6.45) is 5.44. The summed E-state index contributed by atoms with van der Waals surface area (Å²) in [6, 6.07) is 27.5. The number of phenolic OH excluding ortho intramolecular Hbond substituents is 2. The number of rotatable bonds is 16. The van der Waals surface area contributed by atoms with E-state index in [2.05, 4.69) is 25.9 Å². The van der Waals surface area contributed by atoms with Gasteiger partial charge in [0.05, 0.1) is 36.5 Å². The number of fused-ring (bicyclic) bond motifs is 3. The van der Waals surface area contributed by atoms with E-state index in [1.54, 1.807) is 18.2 Å². The monoisotopic (exact) mass is 736 g/mol. The summed E-state index contributed by atoms with van der Waals surface area (Å²) < 4.78 is 18.4. The molecule has 55 heavy (non-hydrogen) atoms. The third-order valence-electron chi connectivity index (χ3n) is 9.63. The van der Waals surface area contributed by atoms with Crippen molar-refractivity contribution in [1.29, 1.82) is 0 Å². The third-order valence-corrected chi connectivity index (χ3v) is 9.63. The van der Waals surface area contributed by atoms with Crippen molar-refractivity contribution >= 4 is 38.0 Å². The first-order valence-electron chi connectivity index (χ1n) is 19.0. The molecule has 1 heterocycles. The third kappa shape index (κ3) is 7.45. The highest BCUT2D eigenvalue weighted by Gasteiger charge is 2.25. The van der Waals surface area contributed by atoms with Crippen LogP contribution in [0.25, 0.3) is 66.5 Å².